The molecule has 0 aliphatic heterocycles. The molecular formula is C21H26N2O4. The SMILES string of the molecule is CCOc1ccc(C(=O)NCCNC(=O)COc2ccc(C)cc2C)cc1. The van der Waals surface area contributed by atoms with Crippen LogP contribution in [0.15, 0.2) is 42.5 Å². The Balaban J connectivity index is 1.66. The van der Waals surface area contributed by atoms with Crippen molar-refractivity contribution in [2.45, 2.75) is 20.8 Å². The van der Waals surface area contributed by atoms with Crippen LogP contribution in [0.25, 0.3) is 0 Å². The summed E-state index contributed by atoms with van der Waals surface area (Å²) in [7, 11) is 0. The molecule has 2 amide bonds. The maximum absolute atomic E-state index is 12.0. The molecule has 0 aromatic heterocycles. The molecule has 2 aromatic rings. The summed E-state index contributed by atoms with van der Waals surface area (Å²) in [4.78, 5) is 23.9. The van der Waals surface area contributed by atoms with E-state index in [1.807, 2.05) is 39.0 Å². The highest BCUT2D eigenvalue weighted by molar-refractivity contribution is 5.94. The highest BCUT2D eigenvalue weighted by Crippen LogP contribution is 2.18. The third kappa shape index (κ3) is 6.66. The van der Waals surface area contributed by atoms with Gasteiger partial charge in [0.15, 0.2) is 6.61 Å². The second kappa shape index (κ2) is 10.2. The van der Waals surface area contributed by atoms with Crippen molar-refractivity contribution in [3.05, 3.63) is 59.2 Å². The van der Waals surface area contributed by atoms with Crippen LogP contribution in [-0.4, -0.2) is 38.1 Å². The highest BCUT2D eigenvalue weighted by Gasteiger charge is 2.07. The Kier molecular flexibility index (Phi) is 7.67. The van der Waals surface area contributed by atoms with Crippen molar-refractivity contribution >= 4 is 11.8 Å². The Labute approximate surface area is 159 Å². The summed E-state index contributed by atoms with van der Waals surface area (Å²) in [6, 6.07) is 12.7. The third-order valence-corrected chi connectivity index (χ3v) is 3.85. The average Bonchev–Trinajstić information content (AvgIpc) is 2.65. The number of benzene rings is 2. The summed E-state index contributed by atoms with van der Waals surface area (Å²) >= 11 is 0. The molecule has 0 unspecified atom stereocenters. The first kappa shape index (κ1) is 20.3. The zero-order valence-corrected chi connectivity index (χ0v) is 16.0. The van der Waals surface area contributed by atoms with Crippen LogP contribution < -0.4 is 20.1 Å². The highest BCUT2D eigenvalue weighted by atomic mass is 16.5. The van der Waals surface area contributed by atoms with Crippen molar-refractivity contribution < 1.29 is 19.1 Å². The molecule has 0 bridgehead atoms. The van der Waals surface area contributed by atoms with E-state index < -0.39 is 0 Å². The molecule has 0 aliphatic rings. The van der Waals surface area contributed by atoms with Gasteiger partial charge < -0.3 is 20.1 Å². The molecule has 0 spiro atoms. The van der Waals surface area contributed by atoms with Crippen molar-refractivity contribution in [3.63, 3.8) is 0 Å². The molecule has 6 heteroatoms. The third-order valence-electron chi connectivity index (χ3n) is 3.85. The Morgan fingerprint density at radius 3 is 2.30 bits per heavy atom. The van der Waals surface area contributed by atoms with Crippen LogP contribution in [0, 0.1) is 13.8 Å². The standard InChI is InChI=1S/C21H26N2O4/c1-4-26-18-8-6-17(7-9-18)21(25)23-12-11-22-20(24)14-27-19-10-5-15(2)13-16(19)3/h5-10,13H,4,11-12,14H2,1-3H3,(H,22,24)(H,23,25). The van der Waals surface area contributed by atoms with Gasteiger partial charge in [-0.25, -0.2) is 0 Å². The summed E-state index contributed by atoms with van der Waals surface area (Å²) in [6.07, 6.45) is 0. The van der Waals surface area contributed by atoms with Gasteiger partial charge in [-0.05, 0) is 56.7 Å². The molecule has 2 aromatic carbocycles. The fourth-order valence-corrected chi connectivity index (χ4v) is 2.50. The lowest BCUT2D eigenvalue weighted by atomic mass is 10.1. The van der Waals surface area contributed by atoms with Crippen LogP contribution in [0.1, 0.15) is 28.4 Å². The van der Waals surface area contributed by atoms with E-state index in [1.165, 1.54) is 0 Å². The van der Waals surface area contributed by atoms with Gasteiger partial charge in [0, 0.05) is 18.7 Å². The Hall–Kier alpha value is -3.02. The molecule has 2 rings (SSSR count). The van der Waals surface area contributed by atoms with Crippen LogP contribution in [0.2, 0.25) is 0 Å². The molecular weight excluding hydrogens is 344 g/mol. The number of nitrogens with one attached hydrogen (secondary N) is 2. The first-order valence-corrected chi connectivity index (χ1v) is 8.97. The Bertz CT molecular complexity index is 772. The van der Waals surface area contributed by atoms with E-state index in [-0.39, 0.29) is 18.4 Å². The number of hydrogen-bond acceptors (Lipinski definition) is 4. The predicted molar refractivity (Wildman–Crippen MR) is 104 cm³/mol. The lowest BCUT2D eigenvalue weighted by Gasteiger charge is -2.11. The molecule has 6 nitrogen and oxygen atoms in total. The number of hydrogen-bond donors (Lipinski definition) is 2. The number of amides is 2. The smallest absolute Gasteiger partial charge is 0.258 e. The van der Waals surface area contributed by atoms with Crippen LogP contribution >= 0.6 is 0 Å². The van der Waals surface area contributed by atoms with Crippen LogP contribution in [-0.2, 0) is 4.79 Å². The number of rotatable bonds is 9. The molecule has 0 saturated heterocycles. The minimum atomic E-state index is -0.231. The zero-order chi connectivity index (χ0) is 19.6. The van der Waals surface area contributed by atoms with Gasteiger partial charge in [-0.1, -0.05) is 17.7 Å². The first-order chi connectivity index (χ1) is 13.0. The molecule has 27 heavy (non-hydrogen) atoms. The number of carbonyl (C=O) groups excluding carboxylic acids is 2. The topological polar surface area (TPSA) is 76.7 Å². The summed E-state index contributed by atoms with van der Waals surface area (Å²) in [5, 5.41) is 5.48. The van der Waals surface area contributed by atoms with Gasteiger partial charge >= 0.3 is 0 Å². The van der Waals surface area contributed by atoms with Gasteiger partial charge in [0.2, 0.25) is 0 Å². The van der Waals surface area contributed by atoms with Crippen molar-refractivity contribution in [2.24, 2.45) is 0 Å². The normalized spacial score (nSPS) is 10.2. The number of ether oxygens (including phenoxy) is 2. The quantitative estimate of drug-likeness (QED) is 0.665. The molecule has 0 heterocycles. The molecule has 0 radical (unpaired) electrons. The zero-order valence-electron chi connectivity index (χ0n) is 16.0. The van der Waals surface area contributed by atoms with Crippen molar-refractivity contribution in [1.82, 2.24) is 10.6 Å². The lowest BCUT2D eigenvalue weighted by Crippen LogP contribution is -2.36. The summed E-state index contributed by atoms with van der Waals surface area (Å²) in [6.45, 7) is 7.04. The predicted octanol–water partition coefficient (Wildman–Crippen LogP) is 2.63. The van der Waals surface area contributed by atoms with Gasteiger partial charge in [-0.2, -0.15) is 0 Å². The second-order valence-electron chi connectivity index (χ2n) is 6.12. The minimum Gasteiger partial charge on any atom is -0.494 e. The van der Waals surface area contributed by atoms with Crippen molar-refractivity contribution in [3.8, 4) is 11.5 Å². The van der Waals surface area contributed by atoms with Crippen LogP contribution in [0.3, 0.4) is 0 Å². The average molecular weight is 370 g/mol. The van der Waals surface area contributed by atoms with E-state index in [0.29, 0.717) is 31.0 Å². The maximum atomic E-state index is 12.0. The van der Waals surface area contributed by atoms with E-state index in [9.17, 15) is 9.59 Å². The van der Waals surface area contributed by atoms with E-state index in [1.54, 1.807) is 24.3 Å². The number of carbonyl (C=O) groups is 2. The van der Waals surface area contributed by atoms with E-state index in [4.69, 9.17) is 9.47 Å². The largest absolute Gasteiger partial charge is 0.494 e. The van der Waals surface area contributed by atoms with Crippen LogP contribution in [0.5, 0.6) is 11.5 Å². The minimum absolute atomic E-state index is 0.0588. The Morgan fingerprint density at radius 1 is 0.926 bits per heavy atom. The van der Waals surface area contributed by atoms with Gasteiger partial charge in [0.25, 0.3) is 11.8 Å². The Morgan fingerprint density at radius 2 is 1.63 bits per heavy atom. The van der Waals surface area contributed by atoms with Gasteiger partial charge in [0.05, 0.1) is 6.61 Å². The fourth-order valence-electron chi connectivity index (χ4n) is 2.50. The molecule has 2 N–H and O–H groups in total. The molecule has 0 atom stereocenters. The maximum Gasteiger partial charge on any atom is 0.258 e. The van der Waals surface area contributed by atoms with E-state index in [2.05, 4.69) is 10.6 Å². The molecule has 144 valence electrons. The second-order valence-corrected chi connectivity index (χ2v) is 6.12. The van der Waals surface area contributed by atoms with Gasteiger partial charge in [-0.15, -0.1) is 0 Å². The lowest BCUT2D eigenvalue weighted by molar-refractivity contribution is -0.123. The summed E-state index contributed by atoms with van der Waals surface area (Å²) in [5.74, 6) is 0.994. The number of aryl methyl sites for hydroxylation is 2. The molecule has 0 saturated carbocycles. The fraction of sp³-hybridized carbons (Fsp3) is 0.333. The molecule has 0 fully saturated rings. The first-order valence-electron chi connectivity index (χ1n) is 8.97. The van der Waals surface area contributed by atoms with Gasteiger partial charge in [-0.3, -0.25) is 9.59 Å². The van der Waals surface area contributed by atoms with Crippen molar-refractivity contribution in [1.29, 1.82) is 0 Å². The van der Waals surface area contributed by atoms with E-state index >= 15 is 0 Å². The van der Waals surface area contributed by atoms with Gasteiger partial charge in [0.1, 0.15) is 11.5 Å². The summed E-state index contributed by atoms with van der Waals surface area (Å²) < 4.78 is 10.9. The molecule has 0 aliphatic carbocycles. The van der Waals surface area contributed by atoms with Crippen molar-refractivity contribution in [2.75, 3.05) is 26.3 Å². The summed E-state index contributed by atoms with van der Waals surface area (Å²) in [5.41, 5.74) is 2.68. The van der Waals surface area contributed by atoms with E-state index in [0.717, 1.165) is 16.9 Å². The van der Waals surface area contributed by atoms with Crippen LogP contribution in [0.4, 0.5) is 0 Å². The monoisotopic (exact) mass is 370 g/mol.